The third-order valence-electron chi connectivity index (χ3n) is 0.981. The molecule has 0 spiro atoms. The number of hydrogen-bond donors (Lipinski definition) is 0. The fourth-order valence-corrected chi connectivity index (χ4v) is 1.19. The Morgan fingerprint density at radius 2 is 1.80 bits per heavy atom. The fraction of sp³-hybridized carbons (Fsp3) is 0. The number of benzene rings is 1. The normalized spacial score (nSPS) is 8.70. The molecule has 0 saturated heterocycles. The van der Waals surface area contributed by atoms with E-state index in [9.17, 15) is 0 Å². The summed E-state index contributed by atoms with van der Waals surface area (Å²) in [6, 6.07) is 5.51. The van der Waals surface area contributed by atoms with E-state index in [1.165, 1.54) is 0 Å². The molecule has 0 nitrogen and oxygen atoms in total. The van der Waals surface area contributed by atoms with E-state index in [1.54, 1.807) is 6.07 Å². The van der Waals surface area contributed by atoms with Gasteiger partial charge in [0.15, 0.2) is 0 Å². The van der Waals surface area contributed by atoms with E-state index in [4.69, 9.17) is 23.2 Å². The van der Waals surface area contributed by atoms with Crippen LogP contribution in [0.4, 0.5) is 0 Å². The van der Waals surface area contributed by atoms with Crippen molar-refractivity contribution in [3.63, 3.8) is 0 Å². The minimum absolute atomic E-state index is 0. The standard InChI is InChI=1S/C6H5Cl2P.K.H/c7-4-2-1-3-5(9)6(4)8;;/h1-3H,9H2;;. The molecule has 4 heteroatoms. The molecule has 0 radical (unpaired) electrons. The van der Waals surface area contributed by atoms with Gasteiger partial charge in [0.05, 0.1) is 10.0 Å². The summed E-state index contributed by atoms with van der Waals surface area (Å²) >= 11 is 11.4. The van der Waals surface area contributed by atoms with Crippen molar-refractivity contribution in [2.45, 2.75) is 0 Å². The van der Waals surface area contributed by atoms with Gasteiger partial charge in [-0.25, -0.2) is 0 Å². The van der Waals surface area contributed by atoms with Crippen LogP contribution in [0.3, 0.4) is 0 Å². The molecule has 1 aromatic carbocycles. The summed E-state index contributed by atoms with van der Waals surface area (Å²) in [5.74, 6) is 0. The first-order valence-corrected chi connectivity index (χ1v) is 3.74. The molecular weight excluding hydrogens is 213 g/mol. The summed E-state index contributed by atoms with van der Waals surface area (Å²) in [5.41, 5.74) is 0. The molecule has 1 aromatic rings. The van der Waals surface area contributed by atoms with Crippen LogP contribution in [0.25, 0.3) is 0 Å². The SMILES string of the molecule is Pc1cccc(Cl)c1Cl.[KH]. The number of rotatable bonds is 0. The zero-order chi connectivity index (χ0) is 6.85. The molecule has 0 aromatic heterocycles. The summed E-state index contributed by atoms with van der Waals surface area (Å²) in [6.07, 6.45) is 0. The summed E-state index contributed by atoms with van der Waals surface area (Å²) in [5, 5.41) is 2.15. The third kappa shape index (κ3) is 3.08. The zero-order valence-corrected chi connectivity index (χ0v) is 7.23. The second-order valence-electron chi connectivity index (χ2n) is 1.64. The Kier molecular flexibility index (Phi) is 6.53. The maximum atomic E-state index is 5.72. The quantitative estimate of drug-likeness (QED) is 0.461. The van der Waals surface area contributed by atoms with Crippen LogP contribution in [0, 0.1) is 0 Å². The molecule has 0 saturated carbocycles. The van der Waals surface area contributed by atoms with Gasteiger partial charge in [0.1, 0.15) is 0 Å². The van der Waals surface area contributed by atoms with Gasteiger partial charge < -0.3 is 0 Å². The van der Waals surface area contributed by atoms with Gasteiger partial charge in [-0.05, 0) is 11.4 Å². The molecule has 1 unspecified atom stereocenters. The van der Waals surface area contributed by atoms with Gasteiger partial charge in [-0.3, -0.25) is 0 Å². The van der Waals surface area contributed by atoms with Crippen LogP contribution < -0.4 is 5.30 Å². The summed E-state index contributed by atoms with van der Waals surface area (Å²) in [7, 11) is 2.50. The van der Waals surface area contributed by atoms with Crippen LogP contribution in [0.5, 0.6) is 0 Å². The van der Waals surface area contributed by atoms with E-state index in [2.05, 4.69) is 9.24 Å². The first-order chi connectivity index (χ1) is 4.22. The van der Waals surface area contributed by atoms with Crippen LogP contribution >= 0.6 is 32.4 Å². The topological polar surface area (TPSA) is 0 Å². The van der Waals surface area contributed by atoms with E-state index in [-0.39, 0.29) is 51.4 Å². The molecule has 0 amide bonds. The van der Waals surface area contributed by atoms with Gasteiger partial charge in [-0.2, -0.15) is 0 Å². The van der Waals surface area contributed by atoms with Crippen molar-refractivity contribution in [2.24, 2.45) is 0 Å². The first kappa shape index (κ1) is 11.9. The second kappa shape index (κ2) is 5.50. The van der Waals surface area contributed by atoms with Gasteiger partial charge in [-0.15, -0.1) is 9.24 Å². The molecule has 0 heterocycles. The van der Waals surface area contributed by atoms with Gasteiger partial charge in [-0.1, -0.05) is 35.3 Å². The minimum atomic E-state index is 0. The summed E-state index contributed by atoms with van der Waals surface area (Å²) in [6.45, 7) is 0. The fourth-order valence-electron chi connectivity index (χ4n) is 0.520. The third-order valence-corrected chi connectivity index (χ3v) is 2.48. The van der Waals surface area contributed by atoms with Crippen molar-refractivity contribution >= 4 is 89.1 Å². The molecule has 0 N–H and O–H groups in total. The molecule has 0 aliphatic rings. The molecule has 1 rings (SSSR count). The Bertz CT molecular complexity index is 207. The Labute approximate surface area is 115 Å². The number of hydrogen-bond acceptors (Lipinski definition) is 0. The summed E-state index contributed by atoms with van der Waals surface area (Å²) < 4.78 is 0. The van der Waals surface area contributed by atoms with Crippen molar-refractivity contribution in [3.8, 4) is 0 Å². The Balaban J connectivity index is 0.000000810. The predicted molar refractivity (Wildman–Crippen MR) is 53.0 cm³/mol. The second-order valence-corrected chi connectivity index (χ2v) is 3.05. The Morgan fingerprint density at radius 3 is 2.20 bits per heavy atom. The zero-order valence-electron chi connectivity index (χ0n) is 4.57. The molecule has 1 atom stereocenters. The molecule has 0 aliphatic carbocycles. The van der Waals surface area contributed by atoms with Crippen molar-refractivity contribution in [1.82, 2.24) is 0 Å². The summed E-state index contributed by atoms with van der Waals surface area (Å²) in [4.78, 5) is 0. The van der Waals surface area contributed by atoms with E-state index in [0.29, 0.717) is 10.0 Å². The predicted octanol–water partition coefficient (Wildman–Crippen LogP) is 1.85. The Hall–Kier alpha value is 1.87. The molecule has 10 heavy (non-hydrogen) atoms. The van der Waals surface area contributed by atoms with Crippen molar-refractivity contribution in [2.75, 3.05) is 0 Å². The van der Waals surface area contributed by atoms with Crippen molar-refractivity contribution < 1.29 is 0 Å². The van der Waals surface area contributed by atoms with Gasteiger partial charge in [0.25, 0.3) is 0 Å². The van der Waals surface area contributed by atoms with Crippen LogP contribution in [0.15, 0.2) is 18.2 Å². The van der Waals surface area contributed by atoms with E-state index < -0.39 is 0 Å². The Morgan fingerprint density at radius 1 is 1.20 bits per heavy atom. The molecule has 50 valence electrons. The van der Waals surface area contributed by atoms with Crippen LogP contribution in [0.1, 0.15) is 0 Å². The molecular formula is C6H6Cl2KP. The molecule has 0 fully saturated rings. The van der Waals surface area contributed by atoms with Crippen LogP contribution in [0.2, 0.25) is 10.0 Å². The van der Waals surface area contributed by atoms with E-state index in [0.717, 1.165) is 5.30 Å². The van der Waals surface area contributed by atoms with Crippen molar-refractivity contribution in [1.29, 1.82) is 0 Å². The average Bonchev–Trinajstić information content (AvgIpc) is 1.83. The van der Waals surface area contributed by atoms with Gasteiger partial charge >= 0.3 is 51.4 Å². The number of halogens is 2. The van der Waals surface area contributed by atoms with Crippen LogP contribution in [-0.4, -0.2) is 51.4 Å². The van der Waals surface area contributed by atoms with Gasteiger partial charge in [0.2, 0.25) is 0 Å². The maximum absolute atomic E-state index is 5.72. The van der Waals surface area contributed by atoms with Gasteiger partial charge in [0, 0.05) is 0 Å². The van der Waals surface area contributed by atoms with Crippen molar-refractivity contribution in [3.05, 3.63) is 28.2 Å². The van der Waals surface area contributed by atoms with E-state index >= 15 is 0 Å². The van der Waals surface area contributed by atoms with E-state index in [1.807, 2.05) is 12.1 Å². The average molecular weight is 219 g/mol. The first-order valence-electron chi connectivity index (χ1n) is 2.41. The molecule has 0 bridgehead atoms. The van der Waals surface area contributed by atoms with Crippen LogP contribution in [-0.2, 0) is 0 Å². The molecule has 0 aliphatic heterocycles. The monoisotopic (exact) mass is 218 g/mol.